The van der Waals surface area contributed by atoms with E-state index in [-0.39, 0.29) is 5.91 Å². The van der Waals surface area contributed by atoms with Crippen LogP contribution in [0.2, 0.25) is 0 Å². The Hall–Kier alpha value is -2.47. The number of fused-ring (bicyclic) bond motifs is 1. The number of hydrogen-bond donors (Lipinski definition) is 2. The average Bonchev–Trinajstić information content (AvgIpc) is 3.16. The van der Waals surface area contributed by atoms with Crippen molar-refractivity contribution in [1.82, 2.24) is 15.3 Å². The first kappa shape index (κ1) is 15.1. The number of anilines is 2. The van der Waals surface area contributed by atoms with Crippen LogP contribution in [0.4, 0.5) is 11.5 Å². The average molecular weight is 323 g/mol. The molecule has 1 aromatic carbocycles. The highest BCUT2D eigenvalue weighted by atomic mass is 16.1. The Morgan fingerprint density at radius 3 is 3.08 bits per heavy atom. The second-order valence-electron chi connectivity index (χ2n) is 6.60. The third-order valence-corrected chi connectivity index (χ3v) is 4.82. The summed E-state index contributed by atoms with van der Waals surface area (Å²) in [6.07, 6.45) is 4.47. The number of carbonyl (C=O) groups excluding carboxylic acids is 1. The minimum absolute atomic E-state index is 0.229. The van der Waals surface area contributed by atoms with E-state index in [0.717, 1.165) is 36.7 Å². The molecule has 1 aromatic heterocycles. The van der Waals surface area contributed by atoms with Gasteiger partial charge in [-0.3, -0.25) is 9.78 Å². The van der Waals surface area contributed by atoms with E-state index in [1.54, 1.807) is 6.20 Å². The molecule has 3 heterocycles. The Balaban J connectivity index is 1.49. The Morgan fingerprint density at radius 2 is 2.25 bits per heavy atom. The molecular formula is C18H21N5O. The monoisotopic (exact) mass is 323 g/mol. The summed E-state index contributed by atoms with van der Waals surface area (Å²) in [5.74, 6) is 1.23. The third kappa shape index (κ3) is 2.97. The van der Waals surface area contributed by atoms with Gasteiger partial charge in [0.25, 0.3) is 5.91 Å². The minimum atomic E-state index is -0.229. The van der Waals surface area contributed by atoms with Crippen molar-refractivity contribution in [3.8, 4) is 0 Å². The van der Waals surface area contributed by atoms with Crippen LogP contribution in [0.1, 0.15) is 22.5 Å². The molecule has 0 spiro atoms. The Kier molecular flexibility index (Phi) is 3.90. The van der Waals surface area contributed by atoms with Crippen molar-refractivity contribution in [2.24, 2.45) is 5.92 Å². The van der Waals surface area contributed by atoms with E-state index in [0.29, 0.717) is 17.7 Å². The summed E-state index contributed by atoms with van der Waals surface area (Å²) < 4.78 is 0. The maximum atomic E-state index is 12.4. The quantitative estimate of drug-likeness (QED) is 0.902. The van der Waals surface area contributed by atoms with Gasteiger partial charge in [0.05, 0.1) is 12.4 Å². The summed E-state index contributed by atoms with van der Waals surface area (Å²) in [7, 11) is 0. The van der Waals surface area contributed by atoms with Crippen molar-refractivity contribution in [1.29, 1.82) is 0 Å². The fraction of sp³-hybridized carbons (Fsp3) is 0.389. The molecular weight excluding hydrogens is 302 g/mol. The number of carbonyl (C=O) groups is 1. The molecule has 0 unspecified atom stereocenters. The molecule has 124 valence electrons. The van der Waals surface area contributed by atoms with Crippen molar-refractivity contribution in [3.63, 3.8) is 0 Å². The topological polar surface area (TPSA) is 70.2 Å². The van der Waals surface area contributed by atoms with Gasteiger partial charge in [0.1, 0.15) is 11.5 Å². The lowest BCUT2D eigenvalue weighted by Crippen LogP contribution is -2.30. The van der Waals surface area contributed by atoms with E-state index in [4.69, 9.17) is 0 Å². The summed E-state index contributed by atoms with van der Waals surface area (Å²) in [5, 5.41) is 6.41. The number of nitrogens with one attached hydrogen (secondary N) is 2. The van der Waals surface area contributed by atoms with E-state index in [1.165, 1.54) is 12.6 Å². The van der Waals surface area contributed by atoms with Crippen LogP contribution in [-0.2, 0) is 0 Å². The van der Waals surface area contributed by atoms with Crippen molar-refractivity contribution in [2.45, 2.75) is 19.4 Å². The molecule has 0 bridgehead atoms. The standard InChI is InChI=1S/C18H21N5O/c1-12-3-2-4-14(7-12)21-18(24)15-8-19-9-17(22-15)23-10-13-5-6-20-16(13)11-23/h2-4,7-9,13,16,20H,5-6,10-11H2,1H3,(H,21,24)/t13-,16+/m0/s1. The fourth-order valence-corrected chi connectivity index (χ4v) is 3.57. The third-order valence-electron chi connectivity index (χ3n) is 4.82. The van der Waals surface area contributed by atoms with Gasteiger partial charge < -0.3 is 15.5 Å². The van der Waals surface area contributed by atoms with Crippen LogP contribution in [0.3, 0.4) is 0 Å². The number of hydrogen-bond acceptors (Lipinski definition) is 5. The van der Waals surface area contributed by atoms with Gasteiger partial charge in [-0.15, -0.1) is 0 Å². The maximum absolute atomic E-state index is 12.4. The summed E-state index contributed by atoms with van der Waals surface area (Å²) in [6.45, 7) is 5.01. The van der Waals surface area contributed by atoms with E-state index in [9.17, 15) is 4.79 Å². The lowest BCUT2D eigenvalue weighted by molar-refractivity contribution is 0.102. The molecule has 2 aliphatic heterocycles. The predicted molar refractivity (Wildman–Crippen MR) is 93.3 cm³/mol. The molecule has 1 amide bonds. The van der Waals surface area contributed by atoms with Gasteiger partial charge in [-0.05, 0) is 43.5 Å². The SMILES string of the molecule is Cc1cccc(NC(=O)c2cncc(N3C[C@@H]4CCN[C@@H]4C3)n2)c1. The molecule has 2 aromatic rings. The molecule has 2 saturated heterocycles. The van der Waals surface area contributed by atoms with Gasteiger partial charge in [0, 0.05) is 24.8 Å². The van der Waals surface area contributed by atoms with Crippen molar-refractivity contribution < 1.29 is 4.79 Å². The number of aromatic nitrogens is 2. The largest absolute Gasteiger partial charge is 0.353 e. The lowest BCUT2D eigenvalue weighted by atomic mass is 10.1. The molecule has 2 aliphatic rings. The molecule has 0 saturated carbocycles. The smallest absolute Gasteiger partial charge is 0.275 e. The summed E-state index contributed by atoms with van der Waals surface area (Å²) in [6, 6.07) is 8.26. The molecule has 0 aliphatic carbocycles. The first-order valence-corrected chi connectivity index (χ1v) is 8.37. The Labute approximate surface area is 141 Å². The predicted octanol–water partition coefficient (Wildman–Crippen LogP) is 1.84. The van der Waals surface area contributed by atoms with Crippen molar-refractivity contribution in [3.05, 3.63) is 47.9 Å². The zero-order valence-corrected chi connectivity index (χ0v) is 13.7. The zero-order chi connectivity index (χ0) is 16.5. The number of nitrogens with zero attached hydrogens (tertiary/aromatic N) is 3. The fourth-order valence-electron chi connectivity index (χ4n) is 3.57. The zero-order valence-electron chi connectivity index (χ0n) is 13.7. The summed E-state index contributed by atoms with van der Waals surface area (Å²) >= 11 is 0. The second kappa shape index (κ2) is 6.20. The maximum Gasteiger partial charge on any atom is 0.275 e. The molecule has 6 heteroatoms. The molecule has 2 N–H and O–H groups in total. The van der Waals surface area contributed by atoms with E-state index in [2.05, 4.69) is 25.5 Å². The molecule has 24 heavy (non-hydrogen) atoms. The van der Waals surface area contributed by atoms with Gasteiger partial charge in [-0.25, -0.2) is 4.98 Å². The first-order valence-electron chi connectivity index (χ1n) is 8.37. The molecule has 6 nitrogen and oxygen atoms in total. The van der Waals surface area contributed by atoms with Crippen LogP contribution in [0.15, 0.2) is 36.7 Å². The van der Waals surface area contributed by atoms with E-state index >= 15 is 0 Å². The van der Waals surface area contributed by atoms with Gasteiger partial charge >= 0.3 is 0 Å². The highest BCUT2D eigenvalue weighted by Crippen LogP contribution is 2.27. The van der Waals surface area contributed by atoms with E-state index < -0.39 is 0 Å². The van der Waals surface area contributed by atoms with Crippen LogP contribution in [0.5, 0.6) is 0 Å². The van der Waals surface area contributed by atoms with Gasteiger partial charge in [-0.2, -0.15) is 0 Å². The van der Waals surface area contributed by atoms with Gasteiger partial charge in [0.2, 0.25) is 0 Å². The van der Waals surface area contributed by atoms with E-state index in [1.807, 2.05) is 31.2 Å². The minimum Gasteiger partial charge on any atom is -0.353 e. The Morgan fingerprint density at radius 1 is 1.33 bits per heavy atom. The first-order chi connectivity index (χ1) is 11.7. The number of aryl methyl sites for hydroxylation is 1. The number of rotatable bonds is 3. The summed E-state index contributed by atoms with van der Waals surface area (Å²) in [4.78, 5) is 23.4. The number of benzene rings is 1. The number of amides is 1. The van der Waals surface area contributed by atoms with Gasteiger partial charge in [0.15, 0.2) is 0 Å². The van der Waals surface area contributed by atoms with Crippen LogP contribution in [0.25, 0.3) is 0 Å². The lowest BCUT2D eigenvalue weighted by Gasteiger charge is -2.18. The van der Waals surface area contributed by atoms with Crippen LogP contribution < -0.4 is 15.5 Å². The van der Waals surface area contributed by atoms with Crippen molar-refractivity contribution >= 4 is 17.4 Å². The van der Waals surface area contributed by atoms with Crippen molar-refractivity contribution in [2.75, 3.05) is 29.9 Å². The normalized spacial score (nSPS) is 22.5. The van der Waals surface area contributed by atoms with Crippen LogP contribution in [0, 0.1) is 12.8 Å². The molecule has 4 rings (SSSR count). The van der Waals surface area contributed by atoms with Crippen LogP contribution >= 0.6 is 0 Å². The summed E-state index contributed by atoms with van der Waals surface area (Å²) in [5.41, 5.74) is 2.22. The van der Waals surface area contributed by atoms with Crippen LogP contribution in [-0.4, -0.2) is 41.6 Å². The van der Waals surface area contributed by atoms with Gasteiger partial charge in [-0.1, -0.05) is 12.1 Å². The Bertz CT molecular complexity index is 751. The molecule has 2 atom stereocenters. The molecule has 0 radical (unpaired) electrons. The highest BCUT2D eigenvalue weighted by Gasteiger charge is 2.36. The molecule has 2 fully saturated rings. The second-order valence-corrected chi connectivity index (χ2v) is 6.60. The highest BCUT2D eigenvalue weighted by molar-refractivity contribution is 6.02.